The van der Waals surface area contributed by atoms with Crippen molar-refractivity contribution in [3.05, 3.63) is 11.8 Å². The molecule has 0 aromatic rings. The zero-order valence-electron chi connectivity index (χ0n) is 7.41. The van der Waals surface area contributed by atoms with Crippen molar-refractivity contribution in [3.63, 3.8) is 0 Å². The Morgan fingerprint density at radius 3 is 3.08 bits per heavy atom. The SMILES string of the molecule is O=C(C1=COCC1)C1COCCN1. The van der Waals surface area contributed by atoms with Gasteiger partial charge in [0.15, 0.2) is 5.78 Å². The lowest BCUT2D eigenvalue weighted by Crippen LogP contribution is -2.46. The van der Waals surface area contributed by atoms with Crippen molar-refractivity contribution in [2.24, 2.45) is 0 Å². The fourth-order valence-corrected chi connectivity index (χ4v) is 1.53. The van der Waals surface area contributed by atoms with Gasteiger partial charge in [0.05, 0.1) is 32.1 Å². The summed E-state index contributed by atoms with van der Waals surface area (Å²) >= 11 is 0. The molecule has 72 valence electrons. The summed E-state index contributed by atoms with van der Waals surface area (Å²) in [4.78, 5) is 11.7. The molecule has 1 unspecified atom stereocenters. The molecule has 0 saturated carbocycles. The summed E-state index contributed by atoms with van der Waals surface area (Å²) in [7, 11) is 0. The van der Waals surface area contributed by atoms with Gasteiger partial charge in [-0.2, -0.15) is 0 Å². The van der Waals surface area contributed by atoms with Gasteiger partial charge in [-0.15, -0.1) is 0 Å². The molecular formula is C9H13NO3. The van der Waals surface area contributed by atoms with E-state index < -0.39 is 0 Å². The van der Waals surface area contributed by atoms with E-state index in [2.05, 4.69) is 5.32 Å². The van der Waals surface area contributed by atoms with Gasteiger partial charge in [-0.3, -0.25) is 4.79 Å². The number of morpholine rings is 1. The third-order valence-corrected chi connectivity index (χ3v) is 2.27. The molecule has 0 amide bonds. The molecule has 0 aromatic carbocycles. The molecule has 4 nitrogen and oxygen atoms in total. The summed E-state index contributed by atoms with van der Waals surface area (Å²) in [5.41, 5.74) is 0.781. The Bertz CT molecular complexity index is 231. The first-order valence-electron chi connectivity index (χ1n) is 4.54. The first-order valence-corrected chi connectivity index (χ1v) is 4.54. The normalized spacial score (nSPS) is 28.0. The van der Waals surface area contributed by atoms with E-state index in [-0.39, 0.29) is 11.8 Å². The molecule has 2 rings (SSSR count). The van der Waals surface area contributed by atoms with Gasteiger partial charge in [0, 0.05) is 18.5 Å². The maximum absolute atomic E-state index is 11.7. The standard InChI is InChI=1S/C9H13NO3/c11-9(7-1-3-12-5-7)8-6-13-4-2-10-8/h5,8,10H,1-4,6H2. The predicted molar refractivity (Wildman–Crippen MR) is 46.3 cm³/mol. The zero-order valence-corrected chi connectivity index (χ0v) is 7.41. The highest BCUT2D eigenvalue weighted by Gasteiger charge is 2.25. The molecule has 1 saturated heterocycles. The second kappa shape index (κ2) is 3.89. The van der Waals surface area contributed by atoms with Crippen LogP contribution in [0, 0.1) is 0 Å². The Kier molecular flexibility index (Phi) is 2.61. The number of ketones is 1. The minimum atomic E-state index is -0.165. The Balaban J connectivity index is 1.94. The maximum Gasteiger partial charge on any atom is 0.181 e. The quantitative estimate of drug-likeness (QED) is 0.646. The lowest BCUT2D eigenvalue weighted by molar-refractivity contribution is -0.120. The van der Waals surface area contributed by atoms with Crippen LogP contribution < -0.4 is 5.32 Å². The van der Waals surface area contributed by atoms with Crippen LogP contribution in [0.2, 0.25) is 0 Å². The van der Waals surface area contributed by atoms with E-state index in [1.807, 2.05) is 0 Å². The van der Waals surface area contributed by atoms with E-state index in [0.717, 1.165) is 18.5 Å². The highest BCUT2D eigenvalue weighted by atomic mass is 16.5. The van der Waals surface area contributed by atoms with E-state index in [0.29, 0.717) is 19.8 Å². The van der Waals surface area contributed by atoms with Gasteiger partial charge in [-0.25, -0.2) is 0 Å². The molecule has 0 aromatic heterocycles. The average molecular weight is 183 g/mol. The Morgan fingerprint density at radius 1 is 1.54 bits per heavy atom. The van der Waals surface area contributed by atoms with Gasteiger partial charge in [0.25, 0.3) is 0 Å². The highest BCUT2D eigenvalue weighted by molar-refractivity contribution is 5.99. The molecule has 0 radical (unpaired) electrons. The number of ether oxygens (including phenoxy) is 2. The molecule has 4 heteroatoms. The fraction of sp³-hybridized carbons (Fsp3) is 0.667. The number of nitrogens with one attached hydrogen (secondary N) is 1. The first kappa shape index (κ1) is 8.72. The smallest absolute Gasteiger partial charge is 0.181 e. The van der Waals surface area contributed by atoms with Gasteiger partial charge in [0.1, 0.15) is 0 Å². The zero-order chi connectivity index (χ0) is 9.10. The van der Waals surface area contributed by atoms with Crippen LogP contribution in [0.25, 0.3) is 0 Å². The van der Waals surface area contributed by atoms with E-state index in [1.54, 1.807) is 6.26 Å². The van der Waals surface area contributed by atoms with Crippen molar-refractivity contribution in [3.8, 4) is 0 Å². The summed E-state index contributed by atoms with van der Waals surface area (Å²) in [6, 6.07) is -0.165. The van der Waals surface area contributed by atoms with Crippen molar-refractivity contribution in [1.82, 2.24) is 5.32 Å². The van der Waals surface area contributed by atoms with E-state index >= 15 is 0 Å². The van der Waals surface area contributed by atoms with Crippen molar-refractivity contribution >= 4 is 5.78 Å². The molecule has 13 heavy (non-hydrogen) atoms. The predicted octanol–water partition coefficient (Wildman–Crippen LogP) is -0.152. The topological polar surface area (TPSA) is 47.6 Å². The van der Waals surface area contributed by atoms with Gasteiger partial charge in [-0.1, -0.05) is 0 Å². The number of Topliss-reactive ketones (excluding diaryl/α,β-unsaturated/α-hetero) is 1. The van der Waals surface area contributed by atoms with Crippen LogP contribution in [0.4, 0.5) is 0 Å². The minimum Gasteiger partial charge on any atom is -0.500 e. The lowest BCUT2D eigenvalue weighted by Gasteiger charge is -2.22. The molecule has 0 bridgehead atoms. The Hall–Kier alpha value is -0.870. The third kappa shape index (κ3) is 1.89. The molecule has 2 heterocycles. The van der Waals surface area contributed by atoms with Crippen molar-refractivity contribution in [1.29, 1.82) is 0 Å². The van der Waals surface area contributed by atoms with Crippen LogP contribution in [-0.4, -0.2) is 38.2 Å². The summed E-state index contributed by atoms with van der Waals surface area (Å²) in [6.07, 6.45) is 2.30. The fourth-order valence-electron chi connectivity index (χ4n) is 1.53. The van der Waals surface area contributed by atoms with Crippen LogP contribution in [0.5, 0.6) is 0 Å². The van der Waals surface area contributed by atoms with Crippen LogP contribution in [0.3, 0.4) is 0 Å². The van der Waals surface area contributed by atoms with Crippen LogP contribution >= 0.6 is 0 Å². The van der Waals surface area contributed by atoms with Crippen molar-refractivity contribution < 1.29 is 14.3 Å². The summed E-state index contributed by atoms with van der Waals surface area (Å²) in [5, 5.41) is 3.12. The van der Waals surface area contributed by atoms with Gasteiger partial charge in [-0.05, 0) is 0 Å². The summed E-state index contributed by atoms with van der Waals surface area (Å²) < 4.78 is 10.2. The Morgan fingerprint density at radius 2 is 2.46 bits per heavy atom. The number of rotatable bonds is 2. The average Bonchev–Trinajstić information content (AvgIpc) is 2.71. The second-order valence-corrected chi connectivity index (χ2v) is 3.21. The third-order valence-electron chi connectivity index (χ3n) is 2.27. The second-order valence-electron chi connectivity index (χ2n) is 3.21. The summed E-state index contributed by atoms with van der Waals surface area (Å²) in [5.74, 6) is 0.122. The molecule has 2 aliphatic heterocycles. The Labute approximate surface area is 76.9 Å². The number of carbonyl (C=O) groups excluding carboxylic acids is 1. The largest absolute Gasteiger partial charge is 0.500 e. The lowest BCUT2D eigenvalue weighted by atomic mass is 10.0. The van der Waals surface area contributed by atoms with Gasteiger partial charge in [0.2, 0.25) is 0 Å². The molecule has 1 fully saturated rings. The molecule has 2 aliphatic rings. The van der Waals surface area contributed by atoms with Gasteiger partial charge >= 0.3 is 0 Å². The number of hydrogen-bond acceptors (Lipinski definition) is 4. The molecule has 1 N–H and O–H groups in total. The van der Waals surface area contributed by atoms with E-state index in [1.165, 1.54) is 0 Å². The van der Waals surface area contributed by atoms with E-state index in [4.69, 9.17) is 9.47 Å². The molecule has 0 aliphatic carbocycles. The molecule has 1 atom stereocenters. The first-order chi connectivity index (χ1) is 6.38. The number of carbonyl (C=O) groups is 1. The maximum atomic E-state index is 11.7. The van der Waals surface area contributed by atoms with Crippen molar-refractivity contribution in [2.75, 3.05) is 26.4 Å². The molecule has 0 spiro atoms. The number of hydrogen-bond donors (Lipinski definition) is 1. The highest BCUT2D eigenvalue weighted by Crippen LogP contribution is 2.13. The molecular weight excluding hydrogens is 170 g/mol. The van der Waals surface area contributed by atoms with Crippen LogP contribution in [-0.2, 0) is 14.3 Å². The van der Waals surface area contributed by atoms with Crippen molar-refractivity contribution in [2.45, 2.75) is 12.5 Å². The summed E-state index contributed by atoms with van der Waals surface area (Å²) in [6.45, 7) is 2.56. The van der Waals surface area contributed by atoms with Gasteiger partial charge < -0.3 is 14.8 Å². The van der Waals surface area contributed by atoms with Crippen LogP contribution in [0.15, 0.2) is 11.8 Å². The monoisotopic (exact) mass is 183 g/mol. The van der Waals surface area contributed by atoms with E-state index in [9.17, 15) is 4.79 Å². The van der Waals surface area contributed by atoms with Crippen LogP contribution in [0.1, 0.15) is 6.42 Å². The minimum absolute atomic E-state index is 0.122.